The smallest absolute Gasteiger partial charge is 0.283 e. The second-order valence-corrected chi connectivity index (χ2v) is 3.68. The molecule has 4 nitrogen and oxygen atoms in total. The number of epoxide rings is 1. The van der Waals surface area contributed by atoms with Crippen LogP contribution in [0.1, 0.15) is 11.7 Å². The number of benzene rings is 1. The Labute approximate surface area is 87.2 Å². The van der Waals surface area contributed by atoms with Crippen molar-refractivity contribution >= 4 is 5.91 Å². The maximum Gasteiger partial charge on any atom is 0.283 e. The minimum absolute atomic E-state index is 0.164. The van der Waals surface area contributed by atoms with E-state index in [2.05, 4.69) is 5.32 Å². The lowest BCUT2D eigenvalue weighted by Crippen LogP contribution is -2.47. The van der Waals surface area contributed by atoms with Crippen LogP contribution >= 0.6 is 0 Å². The molecule has 0 saturated carbocycles. The van der Waals surface area contributed by atoms with Crippen molar-refractivity contribution in [2.24, 2.45) is 0 Å². The van der Waals surface area contributed by atoms with Crippen LogP contribution in [-0.2, 0) is 14.3 Å². The van der Waals surface area contributed by atoms with E-state index in [9.17, 15) is 4.79 Å². The molecule has 2 fully saturated rings. The van der Waals surface area contributed by atoms with Crippen LogP contribution in [0.3, 0.4) is 0 Å². The standard InChI is InChI=1S/C11H11NO3/c13-10-11(14-7-6-12-10)9(15-11)8-4-2-1-3-5-8/h1-5,9H,6-7H2,(H,12,13)/t9-,11+/m0/s1. The SMILES string of the molecule is O=C1NCCO[C@]12O[C@H]2c1ccccc1. The molecule has 0 unspecified atom stereocenters. The summed E-state index contributed by atoms with van der Waals surface area (Å²) >= 11 is 0. The van der Waals surface area contributed by atoms with E-state index in [-0.39, 0.29) is 12.0 Å². The van der Waals surface area contributed by atoms with Crippen LogP contribution in [0.5, 0.6) is 0 Å². The Hall–Kier alpha value is -1.39. The van der Waals surface area contributed by atoms with E-state index in [0.717, 1.165) is 5.56 Å². The van der Waals surface area contributed by atoms with Crippen LogP contribution in [0.4, 0.5) is 0 Å². The van der Waals surface area contributed by atoms with Gasteiger partial charge in [0.05, 0.1) is 6.61 Å². The highest BCUT2D eigenvalue weighted by Crippen LogP contribution is 2.51. The molecule has 4 heteroatoms. The number of carbonyl (C=O) groups excluding carboxylic acids is 1. The first-order chi connectivity index (χ1) is 7.33. The molecule has 15 heavy (non-hydrogen) atoms. The predicted octanol–water partition coefficient (Wildman–Crippen LogP) is 0.601. The van der Waals surface area contributed by atoms with Gasteiger partial charge >= 0.3 is 0 Å². The molecule has 1 N–H and O–H groups in total. The van der Waals surface area contributed by atoms with E-state index in [1.807, 2.05) is 30.3 Å². The quantitative estimate of drug-likeness (QED) is 0.683. The molecule has 78 valence electrons. The number of hydrogen-bond acceptors (Lipinski definition) is 3. The summed E-state index contributed by atoms with van der Waals surface area (Å²) in [6.07, 6.45) is -0.251. The number of rotatable bonds is 1. The first kappa shape index (κ1) is 8.88. The molecule has 1 amide bonds. The summed E-state index contributed by atoms with van der Waals surface area (Å²) in [5, 5.41) is 2.75. The number of morpholine rings is 1. The molecule has 2 atom stereocenters. The van der Waals surface area contributed by atoms with Gasteiger partial charge in [0.15, 0.2) is 6.10 Å². The molecule has 2 aliphatic rings. The Morgan fingerprint density at radius 1 is 1.33 bits per heavy atom. The molecule has 1 aromatic carbocycles. The fraction of sp³-hybridized carbons (Fsp3) is 0.364. The van der Waals surface area contributed by atoms with Crippen LogP contribution < -0.4 is 5.32 Å². The lowest BCUT2D eigenvalue weighted by atomic mass is 10.1. The largest absolute Gasteiger partial charge is 0.349 e. The van der Waals surface area contributed by atoms with Crippen LogP contribution in [-0.4, -0.2) is 24.8 Å². The average molecular weight is 205 g/mol. The first-order valence-corrected chi connectivity index (χ1v) is 4.98. The number of ether oxygens (including phenoxy) is 2. The molecule has 2 saturated heterocycles. The van der Waals surface area contributed by atoms with E-state index in [0.29, 0.717) is 13.2 Å². The molecule has 0 aromatic heterocycles. The second kappa shape index (κ2) is 3.05. The average Bonchev–Trinajstić information content (AvgIpc) is 3.00. The zero-order chi connectivity index (χ0) is 10.3. The van der Waals surface area contributed by atoms with E-state index in [4.69, 9.17) is 9.47 Å². The fourth-order valence-electron chi connectivity index (χ4n) is 1.89. The summed E-state index contributed by atoms with van der Waals surface area (Å²) in [6, 6.07) is 9.65. The van der Waals surface area contributed by atoms with Crippen molar-refractivity contribution in [1.82, 2.24) is 5.32 Å². The zero-order valence-corrected chi connectivity index (χ0v) is 8.10. The molecule has 1 spiro atoms. The van der Waals surface area contributed by atoms with E-state index < -0.39 is 5.79 Å². The Morgan fingerprint density at radius 3 is 2.87 bits per heavy atom. The number of carbonyl (C=O) groups is 1. The Bertz CT molecular complexity index is 392. The van der Waals surface area contributed by atoms with Crippen molar-refractivity contribution in [1.29, 1.82) is 0 Å². The van der Waals surface area contributed by atoms with Gasteiger partial charge in [-0.2, -0.15) is 0 Å². The van der Waals surface area contributed by atoms with Crippen molar-refractivity contribution in [2.75, 3.05) is 13.2 Å². The van der Waals surface area contributed by atoms with Gasteiger partial charge in [0.25, 0.3) is 11.7 Å². The molecule has 0 radical (unpaired) electrons. The van der Waals surface area contributed by atoms with Gasteiger partial charge in [0.1, 0.15) is 0 Å². The summed E-state index contributed by atoms with van der Waals surface area (Å²) < 4.78 is 10.8. The molecule has 2 heterocycles. The Morgan fingerprint density at radius 2 is 2.13 bits per heavy atom. The molecule has 1 aromatic rings. The van der Waals surface area contributed by atoms with Crippen LogP contribution in [0, 0.1) is 0 Å². The molecular weight excluding hydrogens is 194 g/mol. The van der Waals surface area contributed by atoms with Gasteiger partial charge in [-0.05, 0) is 5.56 Å². The topological polar surface area (TPSA) is 50.9 Å². The monoisotopic (exact) mass is 205 g/mol. The minimum Gasteiger partial charge on any atom is -0.349 e. The molecule has 0 bridgehead atoms. The van der Waals surface area contributed by atoms with Crippen molar-refractivity contribution < 1.29 is 14.3 Å². The van der Waals surface area contributed by atoms with Gasteiger partial charge < -0.3 is 14.8 Å². The highest BCUT2D eigenvalue weighted by Gasteiger charge is 2.66. The van der Waals surface area contributed by atoms with Gasteiger partial charge in [-0.15, -0.1) is 0 Å². The van der Waals surface area contributed by atoms with Gasteiger partial charge in [0, 0.05) is 6.54 Å². The van der Waals surface area contributed by atoms with E-state index in [1.165, 1.54) is 0 Å². The van der Waals surface area contributed by atoms with Crippen molar-refractivity contribution in [3.05, 3.63) is 35.9 Å². The fourth-order valence-corrected chi connectivity index (χ4v) is 1.89. The van der Waals surface area contributed by atoms with Gasteiger partial charge in [-0.3, -0.25) is 4.79 Å². The summed E-state index contributed by atoms with van der Waals surface area (Å²) in [7, 11) is 0. The van der Waals surface area contributed by atoms with Gasteiger partial charge in [-0.1, -0.05) is 30.3 Å². The van der Waals surface area contributed by atoms with E-state index >= 15 is 0 Å². The third kappa shape index (κ3) is 1.26. The normalized spacial score (nSPS) is 33.9. The molecule has 2 aliphatic heterocycles. The maximum absolute atomic E-state index is 11.6. The highest BCUT2D eigenvalue weighted by molar-refractivity contribution is 5.87. The summed E-state index contributed by atoms with van der Waals surface area (Å²) in [5.74, 6) is -1.21. The number of hydrogen-bond donors (Lipinski definition) is 1. The minimum atomic E-state index is -1.04. The lowest BCUT2D eigenvalue weighted by Gasteiger charge is -2.19. The van der Waals surface area contributed by atoms with E-state index in [1.54, 1.807) is 0 Å². The highest BCUT2D eigenvalue weighted by atomic mass is 16.8. The second-order valence-electron chi connectivity index (χ2n) is 3.68. The summed E-state index contributed by atoms with van der Waals surface area (Å²) in [5.41, 5.74) is 0.981. The van der Waals surface area contributed by atoms with Crippen molar-refractivity contribution in [3.63, 3.8) is 0 Å². The molecule has 3 rings (SSSR count). The maximum atomic E-state index is 11.6. The molecular formula is C11H11NO3. The van der Waals surface area contributed by atoms with Crippen LogP contribution in [0.2, 0.25) is 0 Å². The van der Waals surface area contributed by atoms with Gasteiger partial charge in [0.2, 0.25) is 0 Å². The van der Waals surface area contributed by atoms with Crippen LogP contribution in [0.15, 0.2) is 30.3 Å². The zero-order valence-electron chi connectivity index (χ0n) is 8.10. The third-order valence-corrected chi connectivity index (χ3v) is 2.70. The van der Waals surface area contributed by atoms with Crippen LogP contribution in [0.25, 0.3) is 0 Å². The number of amides is 1. The lowest BCUT2D eigenvalue weighted by molar-refractivity contribution is -0.153. The summed E-state index contributed by atoms with van der Waals surface area (Å²) in [4.78, 5) is 11.6. The molecule has 0 aliphatic carbocycles. The van der Waals surface area contributed by atoms with Gasteiger partial charge in [-0.25, -0.2) is 0 Å². The predicted molar refractivity (Wildman–Crippen MR) is 52.0 cm³/mol. The Balaban J connectivity index is 1.85. The number of nitrogens with one attached hydrogen (secondary N) is 1. The van der Waals surface area contributed by atoms with Crippen molar-refractivity contribution in [3.8, 4) is 0 Å². The summed E-state index contributed by atoms with van der Waals surface area (Å²) in [6.45, 7) is 1.07. The third-order valence-electron chi connectivity index (χ3n) is 2.70. The Kier molecular flexibility index (Phi) is 1.81. The van der Waals surface area contributed by atoms with Crippen molar-refractivity contribution in [2.45, 2.75) is 11.9 Å². The first-order valence-electron chi connectivity index (χ1n) is 4.98.